The monoisotopic (exact) mass is 308 g/mol. The van der Waals surface area contributed by atoms with Crippen molar-refractivity contribution < 1.29 is 23.4 Å². The van der Waals surface area contributed by atoms with Crippen molar-refractivity contribution in [3.63, 3.8) is 0 Å². The molecule has 1 aromatic rings. The standard InChI is InChI=1S/C11H11BrF2O3/c1-2-17-10(16)5-9(15)6-3-7(13)11(12)8(14)4-6/h3-4,9,15H,2,5H2,1H3. The largest absolute Gasteiger partial charge is 0.466 e. The summed E-state index contributed by atoms with van der Waals surface area (Å²) in [5.74, 6) is -2.28. The molecule has 0 heterocycles. The van der Waals surface area contributed by atoms with Crippen LogP contribution in [0.2, 0.25) is 0 Å². The Labute approximate surface area is 106 Å². The average molecular weight is 309 g/mol. The molecule has 3 nitrogen and oxygen atoms in total. The summed E-state index contributed by atoms with van der Waals surface area (Å²) in [6, 6.07) is 1.94. The summed E-state index contributed by atoms with van der Waals surface area (Å²) in [6.07, 6.45) is -1.62. The normalized spacial score (nSPS) is 12.3. The lowest BCUT2D eigenvalue weighted by atomic mass is 10.1. The van der Waals surface area contributed by atoms with Crippen molar-refractivity contribution in [1.29, 1.82) is 0 Å². The molecule has 0 aliphatic carbocycles. The lowest BCUT2D eigenvalue weighted by Crippen LogP contribution is -2.10. The van der Waals surface area contributed by atoms with Gasteiger partial charge in [-0.3, -0.25) is 4.79 Å². The van der Waals surface area contributed by atoms with Crippen LogP contribution in [0.3, 0.4) is 0 Å². The molecule has 94 valence electrons. The van der Waals surface area contributed by atoms with Crippen LogP contribution >= 0.6 is 15.9 Å². The molecule has 0 aliphatic heterocycles. The highest BCUT2D eigenvalue weighted by Crippen LogP contribution is 2.25. The van der Waals surface area contributed by atoms with Crippen LogP contribution < -0.4 is 0 Å². The van der Waals surface area contributed by atoms with Gasteiger partial charge in [0.1, 0.15) is 11.6 Å². The van der Waals surface area contributed by atoms with Gasteiger partial charge in [-0.05, 0) is 40.5 Å². The number of hydrogen-bond acceptors (Lipinski definition) is 3. The van der Waals surface area contributed by atoms with E-state index >= 15 is 0 Å². The van der Waals surface area contributed by atoms with E-state index in [1.807, 2.05) is 0 Å². The van der Waals surface area contributed by atoms with Gasteiger partial charge in [0.25, 0.3) is 0 Å². The second-order valence-corrected chi connectivity index (χ2v) is 4.12. The van der Waals surface area contributed by atoms with Crippen LogP contribution in [-0.4, -0.2) is 17.7 Å². The van der Waals surface area contributed by atoms with E-state index in [9.17, 15) is 18.7 Å². The van der Waals surface area contributed by atoms with E-state index in [-0.39, 0.29) is 23.1 Å². The van der Waals surface area contributed by atoms with Gasteiger partial charge in [0, 0.05) is 0 Å². The molecule has 0 saturated heterocycles. The first-order chi connectivity index (χ1) is 7.95. The van der Waals surface area contributed by atoms with E-state index in [0.29, 0.717) is 0 Å². The first-order valence-corrected chi connectivity index (χ1v) is 5.73. The van der Waals surface area contributed by atoms with Gasteiger partial charge in [-0.1, -0.05) is 0 Å². The third kappa shape index (κ3) is 3.74. The van der Waals surface area contributed by atoms with Crippen molar-refractivity contribution >= 4 is 21.9 Å². The van der Waals surface area contributed by atoms with E-state index < -0.39 is 23.7 Å². The molecule has 0 aliphatic rings. The fourth-order valence-electron chi connectivity index (χ4n) is 1.26. The van der Waals surface area contributed by atoms with Crippen LogP contribution in [0.25, 0.3) is 0 Å². The maximum atomic E-state index is 13.2. The van der Waals surface area contributed by atoms with Gasteiger partial charge in [0.15, 0.2) is 0 Å². The summed E-state index contributed by atoms with van der Waals surface area (Å²) in [5, 5.41) is 9.61. The molecular formula is C11H11BrF2O3. The molecule has 0 spiro atoms. The first kappa shape index (κ1) is 14.1. The average Bonchev–Trinajstić information content (AvgIpc) is 2.25. The summed E-state index contributed by atoms with van der Waals surface area (Å²) in [6.45, 7) is 1.82. The highest BCUT2D eigenvalue weighted by atomic mass is 79.9. The number of aliphatic hydroxyl groups is 1. The van der Waals surface area contributed by atoms with E-state index in [2.05, 4.69) is 20.7 Å². The molecule has 0 aromatic heterocycles. The molecule has 1 N–H and O–H groups in total. The van der Waals surface area contributed by atoms with Crippen LogP contribution in [0.1, 0.15) is 25.0 Å². The fourth-order valence-corrected chi connectivity index (χ4v) is 1.49. The lowest BCUT2D eigenvalue weighted by Gasteiger charge is -2.11. The summed E-state index contributed by atoms with van der Waals surface area (Å²) in [4.78, 5) is 11.1. The number of hydrogen-bond donors (Lipinski definition) is 1. The van der Waals surface area contributed by atoms with Crippen LogP contribution in [0, 0.1) is 11.6 Å². The number of rotatable bonds is 4. The maximum Gasteiger partial charge on any atom is 0.308 e. The molecule has 1 aromatic carbocycles. The van der Waals surface area contributed by atoms with Crippen molar-refractivity contribution in [3.8, 4) is 0 Å². The Morgan fingerprint density at radius 1 is 1.47 bits per heavy atom. The summed E-state index contributed by atoms with van der Waals surface area (Å²) < 4.78 is 30.7. The van der Waals surface area contributed by atoms with Crippen LogP contribution in [-0.2, 0) is 9.53 Å². The third-order valence-corrected chi connectivity index (χ3v) is 2.81. The zero-order valence-electron chi connectivity index (χ0n) is 9.04. The fraction of sp³-hybridized carbons (Fsp3) is 0.364. The molecule has 0 bridgehead atoms. The van der Waals surface area contributed by atoms with E-state index in [0.717, 1.165) is 12.1 Å². The first-order valence-electron chi connectivity index (χ1n) is 4.93. The Kier molecular flexibility index (Phi) is 5.02. The molecule has 0 radical (unpaired) electrons. The van der Waals surface area contributed by atoms with Crippen molar-refractivity contribution in [3.05, 3.63) is 33.8 Å². The molecule has 6 heteroatoms. The summed E-state index contributed by atoms with van der Waals surface area (Å²) >= 11 is 2.71. The van der Waals surface area contributed by atoms with Gasteiger partial charge in [-0.15, -0.1) is 0 Å². The van der Waals surface area contributed by atoms with Gasteiger partial charge in [0.2, 0.25) is 0 Å². The van der Waals surface area contributed by atoms with Crippen LogP contribution in [0.15, 0.2) is 16.6 Å². The van der Waals surface area contributed by atoms with Crippen LogP contribution in [0.4, 0.5) is 8.78 Å². The van der Waals surface area contributed by atoms with Gasteiger partial charge >= 0.3 is 5.97 Å². The molecule has 1 rings (SSSR count). The SMILES string of the molecule is CCOC(=O)CC(O)c1cc(F)c(Br)c(F)c1. The van der Waals surface area contributed by atoms with E-state index in [1.165, 1.54) is 0 Å². The minimum Gasteiger partial charge on any atom is -0.466 e. The predicted molar refractivity (Wildman–Crippen MR) is 60.3 cm³/mol. The molecular weight excluding hydrogens is 298 g/mol. The molecule has 1 atom stereocenters. The van der Waals surface area contributed by atoms with Crippen molar-refractivity contribution in [1.82, 2.24) is 0 Å². The van der Waals surface area contributed by atoms with E-state index in [4.69, 9.17) is 0 Å². The Hall–Kier alpha value is -1.01. The van der Waals surface area contributed by atoms with Crippen LogP contribution in [0.5, 0.6) is 0 Å². The minimum atomic E-state index is -1.29. The Morgan fingerprint density at radius 2 is 2.00 bits per heavy atom. The van der Waals surface area contributed by atoms with Crippen molar-refractivity contribution in [2.75, 3.05) is 6.61 Å². The number of carbonyl (C=O) groups excluding carboxylic acids is 1. The Bertz CT molecular complexity index is 400. The maximum absolute atomic E-state index is 13.2. The molecule has 0 amide bonds. The molecule has 17 heavy (non-hydrogen) atoms. The second kappa shape index (κ2) is 6.07. The van der Waals surface area contributed by atoms with Gasteiger partial charge < -0.3 is 9.84 Å². The zero-order valence-corrected chi connectivity index (χ0v) is 10.6. The topological polar surface area (TPSA) is 46.5 Å². The second-order valence-electron chi connectivity index (χ2n) is 3.32. The lowest BCUT2D eigenvalue weighted by molar-refractivity contribution is -0.145. The number of ether oxygens (including phenoxy) is 1. The van der Waals surface area contributed by atoms with Gasteiger partial charge in [0.05, 0.1) is 23.6 Å². The Balaban J connectivity index is 2.82. The molecule has 0 saturated carbocycles. The summed E-state index contributed by atoms with van der Waals surface area (Å²) in [5.41, 5.74) is -0.00347. The zero-order chi connectivity index (χ0) is 13.0. The Morgan fingerprint density at radius 3 is 2.47 bits per heavy atom. The van der Waals surface area contributed by atoms with Gasteiger partial charge in [-0.25, -0.2) is 8.78 Å². The minimum absolute atomic E-state index is 0.00347. The summed E-state index contributed by atoms with van der Waals surface area (Å²) in [7, 11) is 0. The van der Waals surface area contributed by atoms with Crippen molar-refractivity contribution in [2.45, 2.75) is 19.4 Å². The number of aliphatic hydroxyl groups excluding tert-OH is 1. The highest BCUT2D eigenvalue weighted by Gasteiger charge is 2.17. The molecule has 0 fully saturated rings. The number of halogens is 3. The highest BCUT2D eigenvalue weighted by molar-refractivity contribution is 9.10. The van der Waals surface area contributed by atoms with Crippen molar-refractivity contribution in [2.24, 2.45) is 0 Å². The smallest absolute Gasteiger partial charge is 0.308 e. The number of benzene rings is 1. The van der Waals surface area contributed by atoms with Gasteiger partial charge in [-0.2, -0.15) is 0 Å². The third-order valence-electron chi connectivity index (χ3n) is 2.06. The number of carbonyl (C=O) groups is 1. The quantitative estimate of drug-likeness (QED) is 0.687. The van der Waals surface area contributed by atoms with E-state index in [1.54, 1.807) is 6.92 Å². The number of esters is 1. The predicted octanol–water partition coefficient (Wildman–Crippen LogP) is 2.71. The molecule has 1 unspecified atom stereocenters.